The molecular weight excluding hydrogens is 572 g/mol. The van der Waals surface area contributed by atoms with Crippen LogP contribution in [0.4, 0.5) is 0 Å². The third-order valence-corrected chi connectivity index (χ3v) is 9.42. The monoisotopic (exact) mass is 620 g/mol. The molecule has 4 aromatic carbocycles. The minimum atomic E-state index is 0.203. The number of rotatable bonds is 3. The molecule has 0 N–H and O–H groups in total. The third kappa shape index (κ3) is 8.88. The second-order valence-electron chi connectivity index (χ2n) is 13.8. The van der Waals surface area contributed by atoms with Crippen LogP contribution < -0.4 is 0 Å². The van der Waals surface area contributed by atoms with E-state index in [1.807, 2.05) is 0 Å². The van der Waals surface area contributed by atoms with Gasteiger partial charge in [-0.15, -0.1) is 39.7 Å². The second kappa shape index (κ2) is 13.8. The summed E-state index contributed by atoms with van der Waals surface area (Å²) in [5.74, 6) is 1.20. The van der Waals surface area contributed by atoms with Gasteiger partial charge in [0.05, 0.1) is 0 Å². The van der Waals surface area contributed by atoms with E-state index in [2.05, 4.69) is 161 Å². The van der Waals surface area contributed by atoms with Crippen molar-refractivity contribution < 1.29 is 24.2 Å². The summed E-state index contributed by atoms with van der Waals surface area (Å²) in [5, 5.41) is 5.48. The van der Waals surface area contributed by atoms with E-state index in [0.29, 0.717) is 11.8 Å². The van der Waals surface area contributed by atoms with Crippen LogP contribution in [0.1, 0.15) is 99.3 Å². The van der Waals surface area contributed by atoms with Gasteiger partial charge in [-0.3, -0.25) is 6.08 Å². The summed E-state index contributed by atoms with van der Waals surface area (Å²) in [6.45, 7) is 24.6. The first-order valence-electron chi connectivity index (χ1n) is 15.2. The van der Waals surface area contributed by atoms with Crippen molar-refractivity contribution in [3.8, 4) is 0 Å². The summed E-state index contributed by atoms with van der Waals surface area (Å²) >= 11 is 1.54. The van der Waals surface area contributed by atoms with E-state index in [4.69, 9.17) is 0 Å². The predicted octanol–water partition coefficient (Wildman–Crippen LogP) is 11.4. The SMILES string of the molecule is CC(C)(C)c1ccc2c(c1)[cH-]c1cc(C(C)(C)C)ccc12.CC1=[C-]C(C)C=C1C(C)C.CC[C](=[Zr+2])c1ccccc1. The zero-order valence-electron chi connectivity index (χ0n) is 27.4. The van der Waals surface area contributed by atoms with Crippen LogP contribution in [0.3, 0.4) is 0 Å². The molecule has 0 aliphatic heterocycles. The molecule has 0 spiro atoms. The van der Waals surface area contributed by atoms with E-state index in [9.17, 15) is 0 Å². The summed E-state index contributed by atoms with van der Waals surface area (Å²) in [5.41, 5.74) is 7.45. The van der Waals surface area contributed by atoms with Gasteiger partial charge in [-0.2, -0.15) is 11.6 Å². The second-order valence-corrected chi connectivity index (χ2v) is 15.3. The van der Waals surface area contributed by atoms with Crippen LogP contribution >= 0.6 is 0 Å². The van der Waals surface area contributed by atoms with Crippen LogP contribution in [0.2, 0.25) is 0 Å². The molecule has 0 nitrogen and oxygen atoms in total. The van der Waals surface area contributed by atoms with E-state index in [1.54, 1.807) is 3.21 Å². The summed E-state index contributed by atoms with van der Waals surface area (Å²) < 4.78 is 1.55. The van der Waals surface area contributed by atoms with Crippen molar-refractivity contribution in [1.82, 2.24) is 0 Å². The fraction of sp³-hybridized carbons (Fsp3) is 0.400. The van der Waals surface area contributed by atoms with E-state index in [-0.39, 0.29) is 10.8 Å². The Morgan fingerprint density at radius 2 is 1.32 bits per heavy atom. The van der Waals surface area contributed by atoms with Crippen LogP contribution in [-0.2, 0) is 35.1 Å². The van der Waals surface area contributed by atoms with Gasteiger partial charge in [0.25, 0.3) is 0 Å². The first kappa shape index (κ1) is 33.3. The zero-order valence-corrected chi connectivity index (χ0v) is 29.8. The summed E-state index contributed by atoms with van der Waals surface area (Å²) in [4.78, 5) is 0. The summed E-state index contributed by atoms with van der Waals surface area (Å²) in [6, 6.07) is 26.8. The Kier molecular flexibility index (Phi) is 11.2. The predicted molar refractivity (Wildman–Crippen MR) is 180 cm³/mol. The van der Waals surface area contributed by atoms with E-state index < -0.39 is 0 Å². The molecule has 214 valence electrons. The van der Waals surface area contributed by atoms with Crippen molar-refractivity contribution >= 4 is 24.8 Å². The van der Waals surface area contributed by atoms with Crippen molar-refractivity contribution in [2.75, 3.05) is 0 Å². The Balaban J connectivity index is 0.000000193. The molecule has 41 heavy (non-hydrogen) atoms. The molecule has 0 radical (unpaired) electrons. The van der Waals surface area contributed by atoms with Crippen LogP contribution in [0.15, 0.2) is 90.0 Å². The van der Waals surface area contributed by atoms with Crippen LogP contribution in [0, 0.1) is 17.9 Å². The van der Waals surface area contributed by atoms with Gasteiger partial charge in [-0.05, 0) is 10.8 Å². The van der Waals surface area contributed by atoms with Gasteiger partial charge in [0, 0.05) is 0 Å². The summed E-state index contributed by atoms with van der Waals surface area (Å²) in [6.07, 6.45) is 6.86. The number of allylic oxidation sites excluding steroid dienone is 4. The molecule has 1 unspecified atom stereocenters. The average molecular weight is 622 g/mol. The molecular formula is C40H50Zr. The first-order chi connectivity index (χ1) is 19.1. The van der Waals surface area contributed by atoms with Crippen molar-refractivity contribution in [3.63, 3.8) is 0 Å². The van der Waals surface area contributed by atoms with Crippen LogP contribution in [0.5, 0.6) is 0 Å². The molecule has 0 heterocycles. The third-order valence-electron chi connectivity index (χ3n) is 7.84. The Morgan fingerprint density at radius 3 is 1.66 bits per heavy atom. The first-order valence-corrected chi connectivity index (χ1v) is 16.4. The molecule has 1 aliphatic rings. The Bertz CT molecular complexity index is 1460. The van der Waals surface area contributed by atoms with E-state index >= 15 is 0 Å². The van der Waals surface area contributed by atoms with E-state index in [1.165, 1.54) is 80.0 Å². The molecule has 4 aromatic rings. The topological polar surface area (TPSA) is 0 Å². The van der Waals surface area contributed by atoms with Gasteiger partial charge in [-0.25, -0.2) is 5.57 Å². The molecule has 0 aromatic heterocycles. The van der Waals surface area contributed by atoms with Gasteiger partial charge in [0.1, 0.15) is 0 Å². The molecule has 5 rings (SSSR count). The van der Waals surface area contributed by atoms with Gasteiger partial charge in [0.2, 0.25) is 0 Å². The van der Waals surface area contributed by atoms with Crippen molar-refractivity contribution in [2.45, 2.75) is 93.4 Å². The molecule has 0 amide bonds. The summed E-state index contributed by atoms with van der Waals surface area (Å²) in [7, 11) is 0. The van der Waals surface area contributed by atoms with Crippen LogP contribution in [0.25, 0.3) is 21.5 Å². The molecule has 1 atom stereocenters. The van der Waals surface area contributed by atoms with Crippen molar-refractivity contribution in [3.05, 3.63) is 113 Å². The Labute approximate surface area is 265 Å². The molecule has 0 saturated heterocycles. The van der Waals surface area contributed by atoms with E-state index in [0.717, 1.165) is 0 Å². The fourth-order valence-electron chi connectivity index (χ4n) is 5.29. The molecule has 0 saturated carbocycles. The molecule has 0 fully saturated rings. The van der Waals surface area contributed by atoms with Gasteiger partial charge >= 0.3 is 76.7 Å². The number of fused-ring (bicyclic) bond motifs is 3. The van der Waals surface area contributed by atoms with Gasteiger partial charge in [0.15, 0.2) is 0 Å². The average Bonchev–Trinajstić information content (AvgIpc) is 3.46. The standard InChI is InChI=1S/C21H25.C10H15.C9H10.Zr/c1-20(2,3)16-7-9-18-14(12-16)11-15-13-17(21(4,5)6)8-10-19(15)18;1-7(2)10-6-8(3)5-9(10)4;1-2-6-9-7-4-3-5-8-9;/h7-13H,1-6H3;6-8H,1-4H3;3-5,7-8H,2H2,1H3;/q2*-1;;+2. The van der Waals surface area contributed by atoms with Gasteiger partial charge in [-0.1, -0.05) is 116 Å². The molecule has 0 bridgehead atoms. The van der Waals surface area contributed by atoms with Crippen LogP contribution in [-0.4, -0.2) is 3.21 Å². The Morgan fingerprint density at radius 1 is 0.829 bits per heavy atom. The van der Waals surface area contributed by atoms with Gasteiger partial charge < -0.3 is 0 Å². The molecule has 1 heteroatoms. The van der Waals surface area contributed by atoms with Crippen molar-refractivity contribution in [1.29, 1.82) is 0 Å². The number of benzene rings is 3. The number of hydrogen-bond donors (Lipinski definition) is 0. The number of hydrogen-bond acceptors (Lipinski definition) is 0. The quantitative estimate of drug-likeness (QED) is 0.200. The zero-order chi connectivity index (χ0) is 30.5. The molecule has 1 aliphatic carbocycles. The normalized spacial score (nSPS) is 15.2. The fourth-order valence-corrected chi connectivity index (χ4v) is 5.69. The minimum absolute atomic E-state index is 0.203. The maximum atomic E-state index is 3.37. The Hall–Kier alpha value is -2.24. The van der Waals surface area contributed by atoms with Crippen molar-refractivity contribution in [2.24, 2.45) is 11.8 Å². The maximum absolute atomic E-state index is 3.37.